The standard InChI is InChI=1S/C27H43NO18/c1-17(30)43-22(13-29)26(45-19(3)32)27(46-20(4)33)25(44-18(2)31)21(34)14-40-10-7-38-6-5-28-23(35)15-41-11-8-39-9-12-42-16-24(36)37/h22,25-27,29H,5-16H2,1-4H3,(H,28,35)(H,36,37). The van der Waals surface area contributed by atoms with Crippen LogP contribution in [0.4, 0.5) is 0 Å². The molecule has 3 N–H and O–H groups in total. The van der Waals surface area contributed by atoms with Gasteiger partial charge in [0.05, 0.1) is 52.9 Å². The lowest BCUT2D eigenvalue weighted by molar-refractivity contribution is -0.201. The summed E-state index contributed by atoms with van der Waals surface area (Å²) in [5, 5.41) is 20.7. The maximum absolute atomic E-state index is 13.0. The van der Waals surface area contributed by atoms with Gasteiger partial charge in [-0.25, -0.2) is 4.79 Å². The molecule has 264 valence electrons. The Hall–Kier alpha value is -3.75. The number of amides is 1. The number of aliphatic carboxylic acids is 1. The highest BCUT2D eigenvalue weighted by Gasteiger charge is 2.46. The van der Waals surface area contributed by atoms with Gasteiger partial charge in [-0.05, 0) is 0 Å². The molecular weight excluding hydrogens is 626 g/mol. The highest BCUT2D eigenvalue weighted by atomic mass is 16.6. The Kier molecular flexibility index (Phi) is 23.4. The molecule has 19 nitrogen and oxygen atoms in total. The van der Waals surface area contributed by atoms with Gasteiger partial charge in [-0.3, -0.25) is 28.8 Å². The molecule has 0 aliphatic carbocycles. The normalized spacial score (nSPS) is 13.4. The number of esters is 4. The van der Waals surface area contributed by atoms with Crippen molar-refractivity contribution in [3.05, 3.63) is 0 Å². The van der Waals surface area contributed by atoms with Crippen molar-refractivity contribution in [2.24, 2.45) is 0 Å². The number of hydrogen-bond acceptors (Lipinski definition) is 17. The summed E-state index contributed by atoms with van der Waals surface area (Å²) >= 11 is 0. The molecule has 0 aromatic heterocycles. The number of hydrogen-bond donors (Lipinski definition) is 3. The highest BCUT2D eigenvalue weighted by Crippen LogP contribution is 2.20. The predicted octanol–water partition coefficient (Wildman–Crippen LogP) is -2.44. The Balaban J connectivity index is 4.68. The minimum atomic E-state index is -1.88. The SMILES string of the molecule is CC(=O)OC(CO)C(OC(C)=O)C(OC(C)=O)C(OC(C)=O)C(=O)COCCOCCNC(=O)COCCOCCOCC(=O)O. The van der Waals surface area contributed by atoms with Gasteiger partial charge in [0.1, 0.15) is 19.8 Å². The number of carbonyl (C=O) groups excluding carboxylic acids is 6. The first-order valence-electron chi connectivity index (χ1n) is 14.0. The topological polar surface area (TPSA) is 255 Å². The number of nitrogens with one attached hydrogen (secondary N) is 1. The molecule has 19 heteroatoms. The smallest absolute Gasteiger partial charge is 0.329 e. The summed E-state index contributed by atoms with van der Waals surface area (Å²) in [6.07, 6.45) is -7.02. The number of carboxylic acid groups (broad SMARTS) is 1. The Bertz CT molecular complexity index is 972. The van der Waals surface area contributed by atoms with Gasteiger partial charge >= 0.3 is 29.8 Å². The van der Waals surface area contributed by atoms with Crippen LogP contribution < -0.4 is 5.32 Å². The molecule has 0 heterocycles. The molecule has 0 radical (unpaired) electrons. The molecule has 0 saturated carbocycles. The third-order valence-electron chi connectivity index (χ3n) is 5.09. The van der Waals surface area contributed by atoms with E-state index in [0.29, 0.717) is 0 Å². The second kappa shape index (κ2) is 25.4. The van der Waals surface area contributed by atoms with Gasteiger partial charge in [0.25, 0.3) is 0 Å². The summed E-state index contributed by atoms with van der Waals surface area (Å²) in [4.78, 5) is 82.0. The van der Waals surface area contributed by atoms with Crippen LogP contribution in [0, 0.1) is 0 Å². The van der Waals surface area contributed by atoms with Gasteiger partial charge in [0.15, 0.2) is 18.3 Å². The zero-order valence-electron chi connectivity index (χ0n) is 26.2. The van der Waals surface area contributed by atoms with Gasteiger partial charge in [0.2, 0.25) is 17.8 Å². The minimum Gasteiger partial charge on any atom is -0.480 e. The maximum Gasteiger partial charge on any atom is 0.329 e. The van der Waals surface area contributed by atoms with E-state index in [1.54, 1.807) is 0 Å². The number of carbonyl (C=O) groups is 7. The van der Waals surface area contributed by atoms with Crippen LogP contribution in [0.5, 0.6) is 0 Å². The Labute approximate surface area is 265 Å². The van der Waals surface area contributed by atoms with Crippen LogP contribution in [-0.4, -0.2) is 155 Å². The van der Waals surface area contributed by atoms with Gasteiger partial charge < -0.3 is 58.2 Å². The second-order valence-corrected chi connectivity index (χ2v) is 9.10. The molecule has 0 rings (SSSR count). The molecule has 4 atom stereocenters. The summed E-state index contributed by atoms with van der Waals surface area (Å²) in [6.45, 7) is 2.46. The van der Waals surface area contributed by atoms with Crippen LogP contribution in [-0.2, 0) is 76.2 Å². The van der Waals surface area contributed by atoms with Crippen LogP contribution in [0.25, 0.3) is 0 Å². The third-order valence-corrected chi connectivity index (χ3v) is 5.09. The highest BCUT2D eigenvalue weighted by molar-refractivity contribution is 5.87. The lowest BCUT2D eigenvalue weighted by Gasteiger charge is -2.34. The predicted molar refractivity (Wildman–Crippen MR) is 149 cm³/mol. The maximum atomic E-state index is 13.0. The van der Waals surface area contributed by atoms with E-state index in [2.05, 4.69) is 5.32 Å². The van der Waals surface area contributed by atoms with Crippen molar-refractivity contribution in [1.29, 1.82) is 0 Å². The number of ether oxygens (including phenoxy) is 9. The Morgan fingerprint density at radius 1 is 0.565 bits per heavy atom. The molecule has 0 bridgehead atoms. The first-order valence-corrected chi connectivity index (χ1v) is 14.0. The Morgan fingerprint density at radius 3 is 1.52 bits per heavy atom. The third kappa shape index (κ3) is 21.9. The van der Waals surface area contributed by atoms with Gasteiger partial charge in [0, 0.05) is 34.2 Å². The number of aliphatic hydroxyl groups is 1. The number of carboxylic acids is 1. The molecule has 4 unspecified atom stereocenters. The largest absolute Gasteiger partial charge is 0.480 e. The molecule has 0 aliphatic rings. The van der Waals surface area contributed by atoms with E-state index in [1.807, 2.05) is 0 Å². The average molecular weight is 670 g/mol. The first-order chi connectivity index (χ1) is 21.8. The van der Waals surface area contributed by atoms with E-state index in [1.165, 1.54) is 0 Å². The van der Waals surface area contributed by atoms with Crippen molar-refractivity contribution in [2.45, 2.75) is 52.1 Å². The van der Waals surface area contributed by atoms with E-state index < -0.39 is 85.8 Å². The van der Waals surface area contributed by atoms with Crippen molar-refractivity contribution in [1.82, 2.24) is 5.32 Å². The molecule has 0 aromatic rings. The number of ketones is 1. The molecule has 46 heavy (non-hydrogen) atoms. The monoisotopic (exact) mass is 669 g/mol. The van der Waals surface area contributed by atoms with Crippen LogP contribution in [0.1, 0.15) is 27.7 Å². The molecule has 0 aromatic carbocycles. The van der Waals surface area contributed by atoms with Crippen LogP contribution in [0.2, 0.25) is 0 Å². The van der Waals surface area contributed by atoms with E-state index in [4.69, 9.17) is 47.7 Å². The fraction of sp³-hybridized carbons (Fsp3) is 0.741. The van der Waals surface area contributed by atoms with Crippen LogP contribution in [0.3, 0.4) is 0 Å². The molecular formula is C27H43NO18. The lowest BCUT2D eigenvalue weighted by Crippen LogP contribution is -2.55. The minimum absolute atomic E-state index is 0.00607. The quantitative estimate of drug-likeness (QED) is 0.0466. The lowest BCUT2D eigenvalue weighted by atomic mass is 9.99. The van der Waals surface area contributed by atoms with Crippen molar-refractivity contribution in [3.63, 3.8) is 0 Å². The summed E-state index contributed by atoms with van der Waals surface area (Å²) in [7, 11) is 0. The van der Waals surface area contributed by atoms with Gasteiger partial charge in [-0.15, -0.1) is 0 Å². The second-order valence-electron chi connectivity index (χ2n) is 9.10. The first kappa shape index (κ1) is 42.2. The van der Waals surface area contributed by atoms with Gasteiger partial charge in [-0.2, -0.15) is 0 Å². The zero-order valence-corrected chi connectivity index (χ0v) is 26.2. The van der Waals surface area contributed by atoms with E-state index in [9.17, 15) is 38.7 Å². The Morgan fingerprint density at radius 2 is 1.02 bits per heavy atom. The molecule has 0 spiro atoms. The average Bonchev–Trinajstić information content (AvgIpc) is 2.96. The van der Waals surface area contributed by atoms with E-state index in [0.717, 1.165) is 27.7 Å². The van der Waals surface area contributed by atoms with Gasteiger partial charge in [-0.1, -0.05) is 0 Å². The summed E-state index contributed by atoms with van der Waals surface area (Å²) in [6, 6.07) is 0. The fourth-order valence-electron chi connectivity index (χ4n) is 3.41. The number of rotatable bonds is 27. The van der Waals surface area contributed by atoms with Crippen molar-refractivity contribution in [2.75, 3.05) is 79.2 Å². The summed E-state index contributed by atoms with van der Waals surface area (Å²) in [5.74, 6) is -6.15. The molecule has 0 fully saturated rings. The van der Waals surface area contributed by atoms with Crippen LogP contribution in [0.15, 0.2) is 0 Å². The molecule has 0 saturated heterocycles. The number of aliphatic hydroxyl groups excluding tert-OH is 1. The van der Waals surface area contributed by atoms with Crippen molar-refractivity contribution in [3.8, 4) is 0 Å². The molecule has 0 aliphatic heterocycles. The summed E-state index contributed by atoms with van der Waals surface area (Å²) in [5.41, 5.74) is 0. The van der Waals surface area contributed by atoms with E-state index >= 15 is 0 Å². The van der Waals surface area contributed by atoms with Crippen molar-refractivity contribution >= 4 is 41.5 Å². The fourth-order valence-corrected chi connectivity index (χ4v) is 3.41. The number of Topliss-reactive ketones (excluding diaryl/α,β-unsaturated/α-hetero) is 1. The summed E-state index contributed by atoms with van der Waals surface area (Å²) < 4.78 is 45.9. The van der Waals surface area contributed by atoms with Crippen LogP contribution >= 0.6 is 0 Å². The zero-order chi connectivity index (χ0) is 34.9. The van der Waals surface area contributed by atoms with Crippen molar-refractivity contribution < 1.29 is 86.4 Å². The molecule has 1 amide bonds. The van der Waals surface area contributed by atoms with E-state index in [-0.39, 0.29) is 59.4 Å².